The molecule has 0 aliphatic rings. The number of aromatic nitrogens is 2. The Bertz CT molecular complexity index is 816. The Labute approximate surface area is 140 Å². The molecule has 0 spiro atoms. The summed E-state index contributed by atoms with van der Waals surface area (Å²) >= 11 is 0. The number of aryl methyl sites for hydroxylation is 1. The van der Waals surface area contributed by atoms with Crippen LogP contribution in [0.25, 0.3) is 0 Å². The van der Waals surface area contributed by atoms with Gasteiger partial charge < -0.3 is 10.6 Å². The highest BCUT2D eigenvalue weighted by Crippen LogP contribution is 2.14. The summed E-state index contributed by atoms with van der Waals surface area (Å²) in [4.78, 5) is 20.2. The number of benzene rings is 1. The largest absolute Gasteiger partial charge is 0.380 e. The number of rotatable bonds is 5. The van der Waals surface area contributed by atoms with E-state index in [2.05, 4.69) is 39.7 Å². The Morgan fingerprint density at radius 2 is 1.92 bits per heavy atom. The van der Waals surface area contributed by atoms with Crippen molar-refractivity contribution in [1.82, 2.24) is 9.97 Å². The number of amides is 1. The Hall–Kier alpha value is -3.21. The molecule has 3 rings (SSSR count). The zero-order valence-corrected chi connectivity index (χ0v) is 13.4. The highest BCUT2D eigenvalue weighted by molar-refractivity contribution is 6.03. The first-order chi connectivity index (χ1) is 11.7. The van der Waals surface area contributed by atoms with E-state index in [1.165, 1.54) is 17.3 Å². The second-order valence-corrected chi connectivity index (χ2v) is 5.41. The van der Waals surface area contributed by atoms with E-state index in [0.717, 1.165) is 12.2 Å². The Morgan fingerprint density at radius 3 is 2.62 bits per heavy atom. The van der Waals surface area contributed by atoms with Crippen molar-refractivity contribution in [3.63, 3.8) is 0 Å². The van der Waals surface area contributed by atoms with Gasteiger partial charge in [0.1, 0.15) is 5.82 Å². The number of hydrogen-bond acceptors (Lipinski definition) is 4. The molecule has 3 aromatic rings. The molecule has 0 aliphatic carbocycles. The molecular formula is C19H18N4O. The van der Waals surface area contributed by atoms with Crippen molar-refractivity contribution in [2.75, 3.05) is 10.6 Å². The molecule has 0 fully saturated rings. The summed E-state index contributed by atoms with van der Waals surface area (Å²) in [7, 11) is 0. The fourth-order valence-electron chi connectivity index (χ4n) is 2.26. The van der Waals surface area contributed by atoms with Gasteiger partial charge in [0, 0.05) is 18.9 Å². The quantitative estimate of drug-likeness (QED) is 0.753. The predicted octanol–water partition coefficient (Wildman–Crippen LogP) is 3.65. The lowest BCUT2D eigenvalue weighted by atomic mass is 10.1. The molecule has 0 bridgehead atoms. The number of nitrogens with one attached hydrogen (secondary N) is 2. The SMILES string of the molecule is Cc1ccccc1CNc1ccc(NC(=O)c2cccnc2)nc1. The molecule has 0 saturated heterocycles. The Kier molecular flexibility index (Phi) is 4.81. The molecule has 1 aromatic carbocycles. The van der Waals surface area contributed by atoms with Crippen LogP contribution in [-0.2, 0) is 6.54 Å². The molecule has 2 heterocycles. The van der Waals surface area contributed by atoms with Crippen LogP contribution in [0.3, 0.4) is 0 Å². The number of anilines is 2. The molecule has 120 valence electrons. The summed E-state index contributed by atoms with van der Waals surface area (Å²) in [5.74, 6) is 0.279. The van der Waals surface area contributed by atoms with Crippen molar-refractivity contribution in [2.24, 2.45) is 0 Å². The van der Waals surface area contributed by atoms with Crippen molar-refractivity contribution in [3.05, 3.63) is 83.8 Å². The van der Waals surface area contributed by atoms with Gasteiger partial charge in [0.2, 0.25) is 0 Å². The standard InChI is InChI=1S/C19H18N4O/c1-14-5-2-3-6-15(14)12-21-17-8-9-18(22-13-17)23-19(24)16-7-4-10-20-11-16/h2-11,13,21H,12H2,1H3,(H,22,23,24). The van der Waals surface area contributed by atoms with Crippen molar-refractivity contribution < 1.29 is 4.79 Å². The molecule has 5 nitrogen and oxygen atoms in total. The minimum absolute atomic E-state index is 0.226. The van der Waals surface area contributed by atoms with Crippen LogP contribution < -0.4 is 10.6 Å². The Balaban J connectivity index is 1.59. The average Bonchev–Trinajstić information content (AvgIpc) is 2.63. The van der Waals surface area contributed by atoms with Crippen LogP contribution in [0.5, 0.6) is 0 Å². The summed E-state index contributed by atoms with van der Waals surface area (Å²) in [5, 5.41) is 6.08. The van der Waals surface area contributed by atoms with E-state index in [9.17, 15) is 4.79 Å². The molecule has 0 radical (unpaired) electrons. The minimum atomic E-state index is -0.226. The number of carbonyl (C=O) groups is 1. The van der Waals surface area contributed by atoms with Crippen LogP contribution in [0.15, 0.2) is 67.1 Å². The van der Waals surface area contributed by atoms with Gasteiger partial charge in [-0.2, -0.15) is 0 Å². The third-order valence-corrected chi connectivity index (χ3v) is 3.67. The van der Waals surface area contributed by atoms with Crippen LogP contribution >= 0.6 is 0 Å². The molecule has 1 amide bonds. The third kappa shape index (κ3) is 3.95. The van der Waals surface area contributed by atoms with E-state index in [1.807, 2.05) is 18.2 Å². The first-order valence-electron chi connectivity index (χ1n) is 7.68. The maximum atomic E-state index is 12.0. The predicted molar refractivity (Wildman–Crippen MR) is 94.9 cm³/mol. The monoisotopic (exact) mass is 318 g/mol. The normalized spacial score (nSPS) is 10.2. The third-order valence-electron chi connectivity index (χ3n) is 3.67. The van der Waals surface area contributed by atoms with Crippen LogP contribution in [0, 0.1) is 6.92 Å². The summed E-state index contributed by atoms with van der Waals surface area (Å²) < 4.78 is 0. The number of carbonyl (C=O) groups excluding carboxylic acids is 1. The first-order valence-corrected chi connectivity index (χ1v) is 7.68. The van der Waals surface area contributed by atoms with Crippen molar-refractivity contribution in [1.29, 1.82) is 0 Å². The lowest BCUT2D eigenvalue weighted by Crippen LogP contribution is -2.13. The van der Waals surface area contributed by atoms with E-state index in [4.69, 9.17) is 0 Å². The van der Waals surface area contributed by atoms with Gasteiger partial charge in [0.15, 0.2) is 0 Å². The maximum Gasteiger partial charge on any atom is 0.258 e. The first kappa shape index (κ1) is 15.7. The van der Waals surface area contributed by atoms with Gasteiger partial charge in [-0.05, 0) is 42.3 Å². The fraction of sp³-hybridized carbons (Fsp3) is 0.105. The highest BCUT2D eigenvalue weighted by Gasteiger charge is 2.06. The van der Waals surface area contributed by atoms with Crippen molar-refractivity contribution in [2.45, 2.75) is 13.5 Å². The number of hydrogen-bond donors (Lipinski definition) is 2. The van der Waals surface area contributed by atoms with E-state index in [-0.39, 0.29) is 5.91 Å². The van der Waals surface area contributed by atoms with Crippen molar-refractivity contribution in [3.8, 4) is 0 Å². The second-order valence-electron chi connectivity index (χ2n) is 5.41. The van der Waals surface area contributed by atoms with Gasteiger partial charge in [-0.15, -0.1) is 0 Å². The van der Waals surface area contributed by atoms with Gasteiger partial charge in [-0.1, -0.05) is 24.3 Å². The molecule has 0 aliphatic heterocycles. The molecule has 0 unspecified atom stereocenters. The van der Waals surface area contributed by atoms with Gasteiger partial charge in [0.25, 0.3) is 5.91 Å². The minimum Gasteiger partial charge on any atom is -0.380 e. The summed E-state index contributed by atoms with van der Waals surface area (Å²) in [6.45, 7) is 2.82. The zero-order valence-electron chi connectivity index (χ0n) is 13.4. The average molecular weight is 318 g/mol. The fourth-order valence-corrected chi connectivity index (χ4v) is 2.26. The summed E-state index contributed by atoms with van der Waals surface area (Å²) in [6.07, 6.45) is 4.86. The lowest BCUT2D eigenvalue weighted by Gasteiger charge is -2.09. The molecule has 5 heteroatoms. The maximum absolute atomic E-state index is 12.0. The highest BCUT2D eigenvalue weighted by atomic mass is 16.1. The van der Waals surface area contributed by atoms with Gasteiger partial charge >= 0.3 is 0 Å². The number of nitrogens with zero attached hydrogens (tertiary/aromatic N) is 2. The van der Waals surface area contributed by atoms with Gasteiger partial charge in [-0.25, -0.2) is 4.98 Å². The van der Waals surface area contributed by atoms with Crippen LogP contribution in [-0.4, -0.2) is 15.9 Å². The molecule has 2 N–H and O–H groups in total. The Morgan fingerprint density at radius 1 is 1.04 bits per heavy atom. The zero-order chi connectivity index (χ0) is 16.8. The second kappa shape index (κ2) is 7.37. The van der Waals surface area contributed by atoms with E-state index in [0.29, 0.717) is 11.4 Å². The van der Waals surface area contributed by atoms with Crippen LogP contribution in [0.4, 0.5) is 11.5 Å². The number of pyridine rings is 2. The molecule has 2 aromatic heterocycles. The molecule has 24 heavy (non-hydrogen) atoms. The van der Waals surface area contributed by atoms with Gasteiger partial charge in [0.05, 0.1) is 17.4 Å². The van der Waals surface area contributed by atoms with Crippen LogP contribution in [0.2, 0.25) is 0 Å². The van der Waals surface area contributed by atoms with E-state index in [1.54, 1.807) is 30.6 Å². The van der Waals surface area contributed by atoms with E-state index >= 15 is 0 Å². The van der Waals surface area contributed by atoms with Gasteiger partial charge in [-0.3, -0.25) is 9.78 Å². The summed E-state index contributed by atoms with van der Waals surface area (Å²) in [6, 6.07) is 15.3. The molecule has 0 atom stereocenters. The van der Waals surface area contributed by atoms with Crippen LogP contribution in [0.1, 0.15) is 21.5 Å². The lowest BCUT2D eigenvalue weighted by molar-refractivity contribution is 0.102. The van der Waals surface area contributed by atoms with E-state index < -0.39 is 0 Å². The summed E-state index contributed by atoms with van der Waals surface area (Å²) in [5.41, 5.74) is 3.89. The smallest absolute Gasteiger partial charge is 0.258 e. The molecule has 0 saturated carbocycles. The van der Waals surface area contributed by atoms with Crippen molar-refractivity contribution >= 4 is 17.4 Å². The molecular weight excluding hydrogens is 300 g/mol. The topological polar surface area (TPSA) is 66.9 Å².